The van der Waals surface area contributed by atoms with Crippen LogP contribution in [0.4, 0.5) is 0 Å². The molecule has 0 aliphatic rings. The first kappa shape index (κ1) is 19.0. The molecule has 5 nitrogen and oxygen atoms in total. The molecule has 3 rings (SSSR count). The summed E-state index contributed by atoms with van der Waals surface area (Å²) < 4.78 is 13.2. The van der Waals surface area contributed by atoms with E-state index >= 15 is 0 Å². The van der Waals surface area contributed by atoms with Crippen molar-refractivity contribution in [3.63, 3.8) is 0 Å². The van der Waals surface area contributed by atoms with Gasteiger partial charge in [-0.25, -0.2) is 0 Å². The zero-order chi connectivity index (χ0) is 19.1. The van der Waals surface area contributed by atoms with Crippen LogP contribution < -0.4 is 9.47 Å². The maximum atomic E-state index is 5.84. The Morgan fingerprint density at radius 1 is 1.07 bits per heavy atom. The molecule has 0 N–H and O–H groups in total. The lowest BCUT2D eigenvalue weighted by molar-refractivity contribution is 0.313. The van der Waals surface area contributed by atoms with E-state index in [9.17, 15) is 0 Å². The second kappa shape index (κ2) is 9.28. The van der Waals surface area contributed by atoms with E-state index in [1.54, 1.807) is 18.9 Å². The average Bonchev–Trinajstić information content (AvgIpc) is 3.08. The Balaban J connectivity index is 1.68. The first-order chi connectivity index (χ1) is 13.2. The number of rotatable bonds is 9. The molecule has 0 fully saturated rings. The highest BCUT2D eigenvalue weighted by Gasteiger charge is 2.15. The minimum Gasteiger partial charge on any atom is -0.493 e. The summed E-state index contributed by atoms with van der Waals surface area (Å²) in [6.45, 7) is 7.15. The fourth-order valence-corrected chi connectivity index (χ4v) is 3.50. The van der Waals surface area contributed by atoms with Crippen LogP contribution in [0.25, 0.3) is 11.4 Å². The molecule has 1 heterocycles. The molecular weight excluding hydrogens is 358 g/mol. The van der Waals surface area contributed by atoms with Crippen LogP contribution in [0.5, 0.6) is 11.5 Å². The minimum atomic E-state index is 0.547. The Morgan fingerprint density at radius 2 is 1.81 bits per heavy atom. The quantitative estimate of drug-likeness (QED) is 0.307. The van der Waals surface area contributed by atoms with Gasteiger partial charge >= 0.3 is 0 Å². The number of hydrogen-bond donors (Lipinski definition) is 0. The topological polar surface area (TPSA) is 49.2 Å². The van der Waals surface area contributed by atoms with Gasteiger partial charge in [-0.2, -0.15) is 0 Å². The van der Waals surface area contributed by atoms with Gasteiger partial charge < -0.3 is 9.47 Å². The first-order valence-electron chi connectivity index (χ1n) is 8.73. The van der Waals surface area contributed by atoms with Gasteiger partial charge in [-0.3, -0.25) is 4.57 Å². The highest BCUT2D eigenvalue weighted by molar-refractivity contribution is 7.99. The predicted octanol–water partition coefficient (Wildman–Crippen LogP) is 4.62. The lowest BCUT2D eigenvalue weighted by atomic mass is 10.1. The van der Waals surface area contributed by atoms with Crippen molar-refractivity contribution in [3.05, 3.63) is 66.7 Å². The highest BCUT2D eigenvalue weighted by atomic mass is 32.2. The third kappa shape index (κ3) is 4.52. The summed E-state index contributed by atoms with van der Waals surface area (Å²) in [6.07, 6.45) is 1.86. The summed E-state index contributed by atoms with van der Waals surface area (Å²) in [5.41, 5.74) is 2.26. The molecule has 0 atom stereocenters. The highest BCUT2D eigenvalue weighted by Crippen LogP contribution is 2.28. The number of thioether (sulfide) groups is 1. The molecule has 0 spiro atoms. The number of methoxy groups -OCH3 is 1. The Hall–Kier alpha value is -2.73. The second-order valence-electron chi connectivity index (χ2n) is 5.87. The summed E-state index contributed by atoms with van der Waals surface area (Å²) in [5.74, 6) is 3.09. The normalized spacial score (nSPS) is 10.6. The van der Waals surface area contributed by atoms with Gasteiger partial charge in [0, 0.05) is 17.9 Å². The standard InChI is InChI=1S/C21H23N3O2S/c1-4-13-24-20(17-10-6-5-9-16(17)2)22-23-21(24)27-15-14-26-19-12-8-7-11-18(19)25-3/h4-12H,1,13-15H2,2-3H3. The number of nitrogens with zero attached hydrogens (tertiary/aromatic N) is 3. The molecule has 3 aromatic rings. The van der Waals surface area contributed by atoms with E-state index in [4.69, 9.17) is 9.47 Å². The largest absolute Gasteiger partial charge is 0.493 e. The summed E-state index contributed by atoms with van der Waals surface area (Å²) in [6, 6.07) is 15.8. The third-order valence-electron chi connectivity index (χ3n) is 4.06. The van der Waals surface area contributed by atoms with Gasteiger partial charge in [0.15, 0.2) is 22.5 Å². The second-order valence-corrected chi connectivity index (χ2v) is 6.93. The number of aromatic nitrogens is 3. The van der Waals surface area contributed by atoms with Crippen LogP contribution >= 0.6 is 11.8 Å². The van der Waals surface area contributed by atoms with E-state index in [2.05, 4.69) is 40.4 Å². The summed E-state index contributed by atoms with van der Waals surface area (Å²) in [5, 5.41) is 9.65. The fraction of sp³-hybridized carbons (Fsp3) is 0.238. The van der Waals surface area contributed by atoms with Crippen LogP contribution in [-0.2, 0) is 6.54 Å². The maximum absolute atomic E-state index is 5.84. The van der Waals surface area contributed by atoms with E-state index in [0.717, 1.165) is 33.8 Å². The fourth-order valence-electron chi connectivity index (χ4n) is 2.73. The number of allylic oxidation sites excluding steroid dienone is 1. The lowest BCUT2D eigenvalue weighted by Gasteiger charge is -2.11. The monoisotopic (exact) mass is 381 g/mol. The van der Waals surface area contributed by atoms with Gasteiger partial charge in [0.25, 0.3) is 0 Å². The van der Waals surface area contributed by atoms with E-state index in [1.165, 1.54) is 5.56 Å². The predicted molar refractivity (Wildman–Crippen MR) is 110 cm³/mol. The molecule has 2 aromatic carbocycles. The van der Waals surface area contributed by atoms with Crippen molar-refractivity contribution in [2.75, 3.05) is 19.5 Å². The molecule has 0 saturated heterocycles. The minimum absolute atomic E-state index is 0.547. The van der Waals surface area contributed by atoms with Crippen molar-refractivity contribution in [1.82, 2.24) is 14.8 Å². The lowest BCUT2D eigenvalue weighted by Crippen LogP contribution is -2.05. The van der Waals surface area contributed by atoms with Crippen LogP contribution in [0, 0.1) is 6.92 Å². The van der Waals surface area contributed by atoms with Gasteiger partial charge in [0.1, 0.15) is 0 Å². The molecule has 0 aliphatic carbocycles. The van der Waals surface area contributed by atoms with Gasteiger partial charge in [0.05, 0.1) is 13.7 Å². The molecule has 140 valence electrons. The molecule has 27 heavy (non-hydrogen) atoms. The van der Waals surface area contributed by atoms with Gasteiger partial charge in [-0.1, -0.05) is 54.2 Å². The van der Waals surface area contributed by atoms with Crippen LogP contribution in [-0.4, -0.2) is 34.2 Å². The summed E-state index contributed by atoms with van der Waals surface area (Å²) >= 11 is 1.62. The number of para-hydroxylation sites is 2. The van der Waals surface area contributed by atoms with Crippen LogP contribution in [0.1, 0.15) is 5.56 Å². The number of benzene rings is 2. The molecule has 6 heteroatoms. The van der Waals surface area contributed by atoms with Crippen LogP contribution in [0.3, 0.4) is 0 Å². The average molecular weight is 382 g/mol. The van der Waals surface area contributed by atoms with Crippen molar-refractivity contribution in [3.8, 4) is 22.9 Å². The van der Waals surface area contributed by atoms with E-state index in [1.807, 2.05) is 42.5 Å². The molecule has 0 radical (unpaired) electrons. The molecular formula is C21H23N3O2S. The maximum Gasteiger partial charge on any atom is 0.191 e. The summed E-state index contributed by atoms with van der Waals surface area (Å²) in [4.78, 5) is 0. The van der Waals surface area contributed by atoms with E-state index < -0.39 is 0 Å². The zero-order valence-corrected chi connectivity index (χ0v) is 16.4. The molecule has 1 aromatic heterocycles. The molecule has 0 amide bonds. The summed E-state index contributed by atoms with van der Waals surface area (Å²) in [7, 11) is 1.64. The van der Waals surface area contributed by atoms with Crippen molar-refractivity contribution in [1.29, 1.82) is 0 Å². The molecule has 0 bridgehead atoms. The Morgan fingerprint density at radius 3 is 2.56 bits per heavy atom. The zero-order valence-electron chi connectivity index (χ0n) is 15.6. The molecule has 0 unspecified atom stereocenters. The third-order valence-corrected chi connectivity index (χ3v) is 4.99. The van der Waals surface area contributed by atoms with Crippen molar-refractivity contribution < 1.29 is 9.47 Å². The van der Waals surface area contributed by atoms with E-state index in [0.29, 0.717) is 13.2 Å². The van der Waals surface area contributed by atoms with Crippen molar-refractivity contribution in [2.45, 2.75) is 18.6 Å². The van der Waals surface area contributed by atoms with Gasteiger partial charge in [-0.05, 0) is 24.6 Å². The van der Waals surface area contributed by atoms with Gasteiger partial charge in [0.2, 0.25) is 0 Å². The number of hydrogen-bond acceptors (Lipinski definition) is 5. The van der Waals surface area contributed by atoms with Crippen molar-refractivity contribution in [2.24, 2.45) is 0 Å². The van der Waals surface area contributed by atoms with Crippen molar-refractivity contribution >= 4 is 11.8 Å². The number of ether oxygens (including phenoxy) is 2. The Labute approximate surface area is 164 Å². The molecule has 0 saturated carbocycles. The van der Waals surface area contributed by atoms with Crippen LogP contribution in [0.15, 0.2) is 66.3 Å². The Kier molecular flexibility index (Phi) is 6.54. The first-order valence-corrected chi connectivity index (χ1v) is 9.72. The Bertz CT molecular complexity index is 908. The van der Waals surface area contributed by atoms with E-state index in [-0.39, 0.29) is 0 Å². The van der Waals surface area contributed by atoms with Gasteiger partial charge in [-0.15, -0.1) is 16.8 Å². The number of aryl methyl sites for hydroxylation is 1. The van der Waals surface area contributed by atoms with Crippen LogP contribution in [0.2, 0.25) is 0 Å². The molecule has 0 aliphatic heterocycles. The SMILES string of the molecule is C=CCn1c(SCCOc2ccccc2OC)nnc1-c1ccccc1C. The smallest absolute Gasteiger partial charge is 0.191 e.